The molecule has 0 aliphatic carbocycles. The molecule has 0 atom stereocenters. The minimum Gasteiger partial charge on any atom is -0.497 e. The number of benzene rings is 1. The van der Waals surface area contributed by atoms with E-state index in [4.69, 9.17) is 9.47 Å². The topological polar surface area (TPSA) is 85.4 Å². The molecule has 22 heavy (non-hydrogen) atoms. The summed E-state index contributed by atoms with van der Waals surface area (Å²) in [6.45, 7) is 0.883. The smallest absolute Gasteiger partial charge is 0.270 e. The highest BCUT2D eigenvalue weighted by molar-refractivity contribution is 5.92. The molecular weight excluding hydrogens is 284 g/mol. The lowest BCUT2D eigenvalue weighted by Crippen LogP contribution is -2.27. The van der Waals surface area contributed by atoms with Gasteiger partial charge in [-0.1, -0.05) is 0 Å². The van der Waals surface area contributed by atoms with Crippen LogP contribution in [0.15, 0.2) is 36.5 Å². The lowest BCUT2D eigenvalue weighted by atomic mass is 10.3. The highest BCUT2D eigenvalue weighted by Gasteiger charge is 2.08. The highest BCUT2D eigenvalue weighted by atomic mass is 16.5. The van der Waals surface area contributed by atoms with Gasteiger partial charge in [0.05, 0.1) is 13.7 Å². The first-order chi connectivity index (χ1) is 10.7. The van der Waals surface area contributed by atoms with Gasteiger partial charge in [0.25, 0.3) is 5.91 Å². The number of carbonyl (C=O) groups is 1. The van der Waals surface area contributed by atoms with Gasteiger partial charge in [-0.2, -0.15) is 0 Å². The Kier molecular flexibility index (Phi) is 5.67. The summed E-state index contributed by atoms with van der Waals surface area (Å²) < 4.78 is 9.97. The summed E-state index contributed by atoms with van der Waals surface area (Å²) in [6, 6.07) is 8.88. The standard InChI is InChI=1S/C15H18N4O3/c1-21-10-9-16-14(20)13-7-8-17-15(19-13)18-11-3-5-12(22-2)6-4-11/h3-8H,9-10H2,1-2H3,(H,16,20)(H,17,18,19). The van der Waals surface area contributed by atoms with Crippen LogP contribution in [0.2, 0.25) is 0 Å². The maximum absolute atomic E-state index is 11.9. The SMILES string of the molecule is COCCNC(=O)c1ccnc(Nc2ccc(OC)cc2)n1. The van der Waals surface area contributed by atoms with E-state index in [0.717, 1.165) is 11.4 Å². The summed E-state index contributed by atoms with van der Waals surface area (Å²) in [6.07, 6.45) is 1.53. The van der Waals surface area contributed by atoms with Crippen molar-refractivity contribution in [3.8, 4) is 5.75 Å². The highest BCUT2D eigenvalue weighted by Crippen LogP contribution is 2.17. The van der Waals surface area contributed by atoms with Crippen molar-refractivity contribution >= 4 is 17.5 Å². The van der Waals surface area contributed by atoms with Crippen molar-refractivity contribution in [3.05, 3.63) is 42.2 Å². The van der Waals surface area contributed by atoms with E-state index in [0.29, 0.717) is 24.8 Å². The maximum atomic E-state index is 11.9. The average Bonchev–Trinajstić information content (AvgIpc) is 2.56. The molecule has 0 radical (unpaired) electrons. The fourth-order valence-corrected chi connectivity index (χ4v) is 1.71. The number of rotatable bonds is 7. The molecule has 2 aromatic rings. The molecule has 7 nitrogen and oxygen atoms in total. The summed E-state index contributed by atoms with van der Waals surface area (Å²) in [5, 5.41) is 5.74. The van der Waals surface area contributed by atoms with Gasteiger partial charge in [0.15, 0.2) is 0 Å². The number of nitrogens with zero attached hydrogens (tertiary/aromatic N) is 2. The van der Waals surface area contributed by atoms with E-state index >= 15 is 0 Å². The quantitative estimate of drug-likeness (QED) is 0.756. The molecule has 1 aromatic heterocycles. The van der Waals surface area contributed by atoms with Crippen LogP contribution in [-0.2, 0) is 4.74 Å². The molecule has 0 spiro atoms. The fourth-order valence-electron chi connectivity index (χ4n) is 1.71. The number of aromatic nitrogens is 2. The number of ether oxygens (including phenoxy) is 2. The second kappa shape index (κ2) is 7.94. The van der Waals surface area contributed by atoms with Crippen LogP contribution in [0.25, 0.3) is 0 Å². The van der Waals surface area contributed by atoms with Crippen LogP contribution in [-0.4, -0.2) is 43.2 Å². The molecule has 116 valence electrons. The minimum absolute atomic E-state index is 0.266. The zero-order valence-corrected chi connectivity index (χ0v) is 12.5. The Hall–Kier alpha value is -2.67. The van der Waals surface area contributed by atoms with Gasteiger partial charge in [-0.25, -0.2) is 9.97 Å². The molecule has 0 unspecified atom stereocenters. The molecule has 2 N–H and O–H groups in total. The van der Waals surface area contributed by atoms with Crippen LogP contribution in [0.1, 0.15) is 10.5 Å². The van der Waals surface area contributed by atoms with Gasteiger partial charge in [-0.05, 0) is 30.3 Å². The summed E-state index contributed by atoms with van der Waals surface area (Å²) in [5.74, 6) is 0.847. The summed E-state index contributed by atoms with van der Waals surface area (Å²) >= 11 is 0. The third-order valence-electron chi connectivity index (χ3n) is 2.83. The Balaban J connectivity index is 2.02. The van der Waals surface area contributed by atoms with Crippen molar-refractivity contribution in [2.24, 2.45) is 0 Å². The number of hydrogen-bond donors (Lipinski definition) is 2. The number of hydrogen-bond acceptors (Lipinski definition) is 6. The van der Waals surface area contributed by atoms with Crippen molar-refractivity contribution in [2.75, 3.05) is 32.7 Å². The minimum atomic E-state index is -0.266. The Morgan fingerprint density at radius 3 is 2.64 bits per heavy atom. The van der Waals surface area contributed by atoms with Crippen LogP contribution in [0.5, 0.6) is 5.75 Å². The molecular formula is C15H18N4O3. The second-order valence-corrected chi connectivity index (χ2v) is 4.37. The van der Waals surface area contributed by atoms with Gasteiger partial charge in [-0.15, -0.1) is 0 Å². The molecule has 2 rings (SSSR count). The van der Waals surface area contributed by atoms with E-state index in [9.17, 15) is 4.79 Å². The third-order valence-corrected chi connectivity index (χ3v) is 2.83. The van der Waals surface area contributed by atoms with Gasteiger partial charge in [0, 0.05) is 25.5 Å². The molecule has 0 aliphatic heterocycles. The van der Waals surface area contributed by atoms with Gasteiger partial charge in [0.2, 0.25) is 5.95 Å². The number of amides is 1. The zero-order chi connectivity index (χ0) is 15.8. The van der Waals surface area contributed by atoms with Crippen molar-refractivity contribution in [2.45, 2.75) is 0 Å². The van der Waals surface area contributed by atoms with Gasteiger partial charge in [0.1, 0.15) is 11.4 Å². The lowest BCUT2D eigenvalue weighted by molar-refractivity contribution is 0.0932. The average molecular weight is 302 g/mol. The molecule has 0 fully saturated rings. The molecule has 0 bridgehead atoms. The molecule has 1 amide bonds. The second-order valence-electron chi connectivity index (χ2n) is 4.37. The van der Waals surface area contributed by atoms with E-state index < -0.39 is 0 Å². The molecule has 0 saturated heterocycles. The molecule has 7 heteroatoms. The summed E-state index contributed by atoms with van der Waals surface area (Å²) in [5.41, 5.74) is 1.10. The van der Waals surface area contributed by atoms with Crippen LogP contribution in [0, 0.1) is 0 Å². The lowest BCUT2D eigenvalue weighted by Gasteiger charge is -2.07. The normalized spacial score (nSPS) is 10.1. The number of carbonyl (C=O) groups excluding carboxylic acids is 1. The zero-order valence-electron chi connectivity index (χ0n) is 12.5. The predicted octanol–water partition coefficient (Wildman–Crippen LogP) is 1.60. The van der Waals surface area contributed by atoms with Crippen molar-refractivity contribution in [1.82, 2.24) is 15.3 Å². The summed E-state index contributed by atoms with van der Waals surface area (Å²) in [7, 11) is 3.19. The predicted molar refractivity (Wildman–Crippen MR) is 82.5 cm³/mol. The Bertz CT molecular complexity index is 616. The van der Waals surface area contributed by atoms with Crippen LogP contribution in [0.3, 0.4) is 0 Å². The van der Waals surface area contributed by atoms with Gasteiger partial charge < -0.3 is 20.1 Å². The Morgan fingerprint density at radius 2 is 1.95 bits per heavy atom. The van der Waals surface area contributed by atoms with Crippen LogP contribution in [0.4, 0.5) is 11.6 Å². The van der Waals surface area contributed by atoms with Crippen LogP contribution < -0.4 is 15.4 Å². The molecule has 0 saturated carbocycles. The monoisotopic (exact) mass is 302 g/mol. The van der Waals surface area contributed by atoms with E-state index in [1.54, 1.807) is 20.3 Å². The van der Waals surface area contributed by atoms with Crippen molar-refractivity contribution < 1.29 is 14.3 Å². The molecule has 0 aliphatic rings. The number of nitrogens with one attached hydrogen (secondary N) is 2. The number of anilines is 2. The maximum Gasteiger partial charge on any atom is 0.270 e. The Labute approximate surface area is 128 Å². The summed E-state index contributed by atoms with van der Waals surface area (Å²) in [4.78, 5) is 20.2. The van der Waals surface area contributed by atoms with Crippen molar-refractivity contribution in [3.63, 3.8) is 0 Å². The largest absolute Gasteiger partial charge is 0.497 e. The van der Waals surface area contributed by atoms with E-state index in [2.05, 4.69) is 20.6 Å². The fraction of sp³-hybridized carbons (Fsp3) is 0.267. The first kappa shape index (κ1) is 15.7. The molecule has 1 heterocycles. The first-order valence-corrected chi connectivity index (χ1v) is 6.74. The molecule has 1 aromatic carbocycles. The van der Waals surface area contributed by atoms with Gasteiger partial charge >= 0.3 is 0 Å². The van der Waals surface area contributed by atoms with Crippen LogP contribution >= 0.6 is 0 Å². The van der Waals surface area contributed by atoms with E-state index in [1.807, 2.05) is 24.3 Å². The first-order valence-electron chi connectivity index (χ1n) is 6.74. The van der Waals surface area contributed by atoms with E-state index in [-0.39, 0.29) is 5.91 Å². The van der Waals surface area contributed by atoms with Gasteiger partial charge in [-0.3, -0.25) is 4.79 Å². The van der Waals surface area contributed by atoms with E-state index in [1.165, 1.54) is 6.20 Å². The Morgan fingerprint density at radius 1 is 1.18 bits per heavy atom. The number of methoxy groups -OCH3 is 2. The van der Waals surface area contributed by atoms with Crippen molar-refractivity contribution in [1.29, 1.82) is 0 Å². The third kappa shape index (κ3) is 4.42.